The number of rotatable bonds is 1. The van der Waals surface area contributed by atoms with E-state index in [1.165, 1.54) is 9.69 Å². The molecule has 1 N–H and O–H groups in total. The van der Waals surface area contributed by atoms with Gasteiger partial charge in [-0.15, -0.1) is 0 Å². The summed E-state index contributed by atoms with van der Waals surface area (Å²) in [6.45, 7) is -0.107. The lowest BCUT2D eigenvalue weighted by atomic mass is 10.1. The normalized spacial score (nSPS) is 13.4. The van der Waals surface area contributed by atoms with E-state index in [4.69, 9.17) is 9.84 Å². The highest BCUT2D eigenvalue weighted by atomic mass is 19.2. The van der Waals surface area contributed by atoms with Gasteiger partial charge in [-0.05, 0) is 6.07 Å². The van der Waals surface area contributed by atoms with Gasteiger partial charge in [0.15, 0.2) is 18.3 Å². The molecule has 20 heavy (non-hydrogen) atoms. The van der Waals surface area contributed by atoms with Gasteiger partial charge in [0, 0.05) is 13.2 Å². The first-order valence-electron chi connectivity index (χ1n) is 5.56. The quantitative estimate of drug-likeness (QED) is 0.841. The zero-order chi connectivity index (χ0) is 14.6. The SMILES string of the molecule is CN1COc2c(F)c(F)cc3c(=O)c(C(=O)O)cn1c23. The van der Waals surface area contributed by atoms with E-state index in [1.54, 1.807) is 7.05 Å². The summed E-state index contributed by atoms with van der Waals surface area (Å²) in [4.78, 5) is 23.1. The number of halogens is 2. The number of aromatic carboxylic acids is 1. The number of carboxylic acids is 1. The molecule has 1 aliphatic rings. The minimum Gasteiger partial charge on any atom is -0.477 e. The molecule has 0 radical (unpaired) electrons. The first-order valence-corrected chi connectivity index (χ1v) is 5.56. The molecule has 0 amide bonds. The molecule has 0 atom stereocenters. The Morgan fingerprint density at radius 2 is 2.15 bits per heavy atom. The van der Waals surface area contributed by atoms with Gasteiger partial charge in [-0.3, -0.25) is 14.5 Å². The molecular weight excluding hydrogens is 274 g/mol. The number of carboxylic acid groups (broad SMARTS) is 1. The monoisotopic (exact) mass is 282 g/mol. The minimum absolute atomic E-state index is 0.00708. The zero-order valence-electron chi connectivity index (χ0n) is 10.2. The predicted molar refractivity (Wildman–Crippen MR) is 64.7 cm³/mol. The van der Waals surface area contributed by atoms with Crippen molar-refractivity contribution in [2.45, 2.75) is 0 Å². The maximum absolute atomic E-state index is 13.7. The minimum atomic E-state index is -1.44. The van der Waals surface area contributed by atoms with Crippen LogP contribution in [0.4, 0.5) is 8.78 Å². The molecule has 3 rings (SSSR count). The molecule has 0 aliphatic carbocycles. The van der Waals surface area contributed by atoms with Gasteiger partial charge in [-0.2, -0.15) is 4.39 Å². The Bertz CT molecular complexity index is 815. The Morgan fingerprint density at radius 3 is 2.80 bits per heavy atom. The molecule has 0 unspecified atom stereocenters. The maximum Gasteiger partial charge on any atom is 0.341 e. The molecule has 8 heteroatoms. The lowest BCUT2D eigenvalue weighted by Crippen LogP contribution is -2.39. The Hall–Kier alpha value is -2.64. The van der Waals surface area contributed by atoms with Crippen molar-refractivity contribution in [2.75, 3.05) is 18.8 Å². The topological polar surface area (TPSA) is 71.8 Å². The van der Waals surface area contributed by atoms with Crippen molar-refractivity contribution < 1.29 is 23.4 Å². The fourth-order valence-electron chi connectivity index (χ4n) is 2.16. The highest BCUT2D eigenvalue weighted by molar-refractivity contribution is 5.94. The van der Waals surface area contributed by atoms with Crippen LogP contribution in [0, 0.1) is 11.6 Å². The van der Waals surface area contributed by atoms with Crippen molar-refractivity contribution in [3.8, 4) is 5.75 Å². The molecule has 6 nitrogen and oxygen atoms in total. The van der Waals surface area contributed by atoms with Crippen molar-refractivity contribution in [1.82, 2.24) is 4.68 Å². The van der Waals surface area contributed by atoms with E-state index in [-0.39, 0.29) is 17.6 Å². The Labute approximate surface area is 110 Å². The third kappa shape index (κ3) is 1.47. The molecule has 104 valence electrons. The fraction of sp³-hybridized carbons (Fsp3) is 0.167. The van der Waals surface area contributed by atoms with Gasteiger partial charge in [0.25, 0.3) is 0 Å². The zero-order valence-corrected chi connectivity index (χ0v) is 10.2. The van der Waals surface area contributed by atoms with Gasteiger partial charge in [-0.25, -0.2) is 9.18 Å². The Balaban J connectivity index is 2.57. The molecule has 1 aromatic carbocycles. The van der Waals surface area contributed by atoms with E-state index in [0.29, 0.717) is 6.07 Å². The smallest absolute Gasteiger partial charge is 0.341 e. The van der Waals surface area contributed by atoms with Gasteiger partial charge < -0.3 is 9.84 Å². The van der Waals surface area contributed by atoms with Crippen molar-refractivity contribution >= 4 is 16.9 Å². The highest BCUT2D eigenvalue weighted by Crippen LogP contribution is 2.32. The van der Waals surface area contributed by atoms with E-state index in [1.807, 2.05) is 0 Å². The van der Waals surface area contributed by atoms with E-state index in [0.717, 1.165) is 6.20 Å². The van der Waals surface area contributed by atoms with Gasteiger partial charge in [0.05, 0.1) is 5.39 Å². The standard InChI is InChI=1S/C12H8F2N2O4/c1-15-4-20-11-8(14)7(13)2-5-9(11)16(15)3-6(10(5)17)12(18)19/h2-3H,4H2,1H3,(H,18,19). The van der Waals surface area contributed by atoms with Crippen molar-refractivity contribution in [3.63, 3.8) is 0 Å². The van der Waals surface area contributed by atoms with Crippen LogP contribution in [-0.4, -0.2) is 29.5 Å². The molecule has 0 saturated heterocycles. The second-order valence-electron chi connectivity index (χ2n) is 4.35. The number of ether oxygens (including phenoxy) is 1. The van der Waals surface area contributed by atoms with Crippen LogP contribution in [0.5, 0.6) is 5.75 Å². The summed E-state index contributed by atoms with van der Waals surface area (Å²) in [5, 5.41) is 10.2. The number of hydrogen-bond acceptors (Lipinski definition) is 4. The summed E-state index contributed by atoms with van der Waals surface area (Å²) in [6, 6.07) is 0.682. The average molecular weight is 282 g/mol. The number of pyridine rings is 1. The van der Waals surface area contributed by atoms with Crippen LogP contribution < -0.4 is 15.2 Å². The summed E-state index contributed by atoms with van der Waals surface area (Å²) >= 11 is 0. The van der Waals surface area contributed by atoms with Gasteiger partial charge >= 0.3 is 5.97 Å². The van der Waals surface area contributed by atoms with Crippen LogP contribution in [-0.2, 0) is 0 Å². The number of benzene rings is 1. The second-order valence-corrected chi connectivity index (χ2v) is 4.35. The van der Waals surface area contributed by atoms with Crippen LogP contribution in [0.25, 0.3) is 10.9 Å². The molecule has 0 spiro atoms. The number of hydrogen-bond donors (Lipinski definition) is 1. The third-order valence-corrected chi connectivity index (χ3v) is 3.11. The molecular formula is C12H8F2N2O4. The molecule has 2 heterocycles. The van der Waals surface area contributed by atoms with Gasteiger partial charge in [-0.1, -0.05) is 0 Å². The van der Waals surface area contributed by atoms with Crippen LogP contribution in [0.1, 0.15) is 10.4 Å². The average Bonchev–Trinajstić information content (AvgIpc) is 2.39. The van der Waals surface area contributed by atoms with Crippen LogP contribution >= 0.6 is 0 Å². The van der Waals surface area contributed by atoms with E-state index >= 15 is 0 Å². The van der Waals surface area contributed by atoms with E-state index in [2.05, 4.69) is 0 Å². The molecule has 0 bridgehead atoms. The molecule has 1 aromatic heterocycles. The number of nitrogens with zero attached hydrogens (tertiary/aromatic N) is 2. The van der Waals surface area contributed by atoms with Crippen LogP contribution in [0.15, 0.2) is 17.1 Å². The summed E-state index contributed by atoms with van der Waals surface area (Å²) < 4.78 is 33.6. The third-order valence-electron chi connectivity index (χ3n) is 3.11. The van der Waals surface area contributed by atoms with Crippen molar-refractivity contribution in [2.24, 2.45) is 0 Å². The fourth-order valence-corrected chi connectivity index (χ4v) is 2.16. The predicted octanol–water partition coefficient (Wildman–Crippen LogP) is 0.896. The molecule has 0 saturated carbocycles. The van der Waals surface area contributed by atoms with Crippen molar-refractivity contribution in [3.05, 3.63) is 39.7 Å². The maximum atomic E-state index is 13.7. The summed E-state index contributed by atoms with van der Waals surface area (Å²) in [6.07, 6.45) is 1.07. The lowest BCUT2D eigenvalue weighted by Gasteiger charge is -2.30. The van der Waals surface area contributed by atoms with Crippen LogP contribution in [0.3, 0.4) is 0 Å². The highest BCUT2D eigenvalue weighted by Gasteiger charge is 2.27. The number of aromatic nitrogens is 1. The van der Waals surface area contributed by atoms with Gasteiger partial charge in [0.1, 0.15) is 11.1 Å². The second kappa shape index (κ2) is 3.92. The Morgan fingerprint density at radius 1 is 1.45 bits per heavy atom. The summed E-state index contributed by atoms with van der Waals surface area (Å²) in [5.74, 6) is -4.30. The van der Waals surface area contributed by atoms with E-state index in [9.17, 15) is 18.4 Å². The Kier molecular flexibility index (Phi) is 2.43. The van der Waals surface area contributed by atoms with Crippen molar-refractivity contribution in [1.29, 1.82) is 0 Å². The summed E-state index contributed by atoms with van der Waals surface area (Å²) in [7, 11) is 1.56. The van der Waals surface area contributed by atoms with Crippen LogP contribution in [0.2, 0.25) is 0 Å². The molecule has 0 fully saturated rings. The first-order chi connectivity index (χ1) is 9.41. The van der Waals surface area contributed by atoms with Gasteiger partial charge in [0.2, 0.25) is 11.2 Å². The molecule has 2 aromatic rings. The molecule has 1 aliphatic heterocycles. The largest absolute Gasteiger partial charge is 0.477 e. The summed E-state index contributed by atoms with van der Waals surface area (Å²) in [5.41, 5.74) is -1.40. The number of carbonyl (C=O) groups is 1. The van der Waals surface area contributed by atoms with E-state index < -0.39 is 34.3 Å². The first kappa shape index (κ1) is 12.4. The lowest BCUT2D eigenvalue weighted by molar-refractivity contribution is 0.0694.